The zero-order valence-corrected chi connectivity index (χ0v) is 10.1. The lowest BCUT2D eigenvalue weighted by Crippen LogP contribution is -2.32. The maximum Gasteiger partial charge on any atom is 0.234 e. The van der Waals surface area contributed by atoms with Gasteiger partial charge >= 0.3 is 0 Å². The summed E-state index contributed by atoms with van der Waals surface area (Å²) in [5, 5.41) is 0. The zero-order valence-electron chi connectivity index (χ0n) is 10.1. The van der Waals surface area contributed by atoms with Gasteiger partial charge in [-0.2, -0.15) is 0 Å². The highest BCUT2D eigenvalue weighted by atomic mass is 16.2. The third-order valence-electron chi connectivity index (χ3n) is 3.04. The number of carbonyl (C=O) groups excluding carboxylic acids is 2. The van der Waals surface area contributed by atoms with E-state index < -0.39 is 0 Å². The van der Waals surface area contributed by atoms with E-state index in [1.165, 1.54) is 0 Å². The van der Waals surface area contributed by atoms with Crippen LogP contribution in [0.25, 0.3) is 0 Å². The molecule has 1 saturated carbocycles. The zero-order chi connectivity index (χ0) is 12.3. The van der Waals surface area contributed by atoms with Crippen LogP contribution in [0.15, 0.2) is 30.3 Å². The van der Waals surface area contributed by atoms with Crippen LogP contribution < -0.4 is 4.90 Å². The molecule has 90 valence electrons. The average molecular weight is 231 g/mol. The van der Waals surface area contributed by atoms with E-state index in [0.29, 0.717) is 6.54 Å². The number of anilines is 1. The molecule has 0 radical (unpaired) electrons. The second-order valence-corrected chi connectivity index (χ2v) is 4.39. The molecule has 17 heavy (non-hydrogen) atoms. The Morgan fingerprint density at radius 1 is 1.24 bits per heavy atom. The van der Waals surface area contributed by atoms with Crippen LogP contribution in [-0.2, 0) is 9.59 Å². The molecule has 0 aliphatic heterocycles. The molecule has 1 aliphatic carbocycles. The van der Waals surface area contributed by atoms with E-state index in [2.05, 4.69) is 0 Å². The van der Waals surface area contributed by atoms with Crippen LogP contribution in [0, 0.1) is 5.92 Å². The van der Waals surface area contributed by atoms with Gasteiger partial charge in [0.05, 0.1) is 6.42 Å². The summed E-state index contributed by atoms with van der Waals surface area (Å²) < 4.78 is 0. The topological polar surface area (TPSA) is 37.4 Å². The number of ketones is 1. The highest BCUT2D eigenvalue weighted by Gasteiger charge is 2.31. The van der Waals surface area contributed by atoms with Gasteiger partial charge in [0, 0.05) is 18.2 Å². The third kappa shape index (κ3) is 2.93. The van der Waals surface area contributed by atoms with Crippen molar-refractivity contribution in [1.29, 1.82) is 0 Å². The Labute approximate surface area is 101 Å². The second kappa shape index (κ2) is 5.13. The van der Waals surface area contributed by atoms with Crippen molar-refractivity contribution >= 4 is 17.4 Å². The van der Waals surface area contributed by atoms with E-state index in [1.54, 1.807) is 4.90 Å². The van der Waals surface area contributed by atoms with Crippen LogP contribution in [-0.4, -0.2) is 18.2 Å². The maximum absolute atomic E-state index is 12.0. The van der Waals surface area contributed by atoms with E-state index in [9.17, 15) is 9.59 Å². The van der Waals surface area contributed by atoms with Crippen LogP contribution in [0.1, 0.15) is 26.2 Å². The van der Waals surface area contributed by atoms with Crippen molar-refractivity contribution < 1.29 is 9.59 Å². The Balaban J connectivity index is 2.02. The first kappa shape index (κ1) is 11.8. The fourth-order valence-corrected chi connectivity index (χ4v) is 1.90. The lowest BCUT2D eigenvalue weighted by Gasteiger charge is -2.20. The minimum Gasteiger partial charge on any atom is -0.312 e. The van der Waals surface area contributed by atoms with E-state index in [0.717, 1.165) is 18.5 Å². The molecule has 1 fully saturated rings. The van der Waals surface area contributed by atoms with Crippen molar-refractivity contribution in [3.05, 3.63) is 30.3 Å². The number of Topliss-reactive ketones (excluding diaryl/α,β-unsaturated/α-hetero) is 1. The molecule has 0 aromatic heterocycles. The lowest BCUT2D eigenvalue weighted by atomic mass is 10.1. The molecule has 1 aromatic carbocycles. The number of carbonyl (C=O) groups is 2. The molecule has 0 saturated heterocycles. The SMILES string of the molecule is CCN(C(=O)CC(=O)C1CC1)c1ccccc1. The molecular formula is C14H17NO2. The van der Waals surface area contributed by atoms with Crippen molar-refractivity contribution in [3.8, 4) is 0 Å². The summed E-state index contributed by atoms with van der Waals surface area (Å²) >= 11 is 0. The van der Waals surface area contributed by atoms with Crippen molar-refractivity contribution in [2.24, 2.45) is 5.92 Å². The van der Waals surface area contributed by atoms with E-state index in [1.807, 2.05) is 37.3 Å². The summed E-state index contributed by atoms with van der Waals surface area (Å²) in [4.78, 5) is 25.3. The Bertz CT molecular complexity index is 409. The molecule has 0 spiro atoms. The molecule has 3 heteroatoms. The Kier molecular flexibility index (Phi) is 3.57. The molecule has 1 aliphatic rings. The fourth-order valence-electron chi connectivity index (χ4n) is 1.90. The molecule has 0 heterocycles. The maximum atomic E-state index is 12.0. The highest BCUT2D eigenvalue weighted by Crippen LogP contribution is 2.31. The molecule has 0 N–H and O–H groups in total. The lowest BCUT2D eigenvalue weighted by molar-refractivity contribution is -0.127. The van der Waals surface area contributed by atoms with Crippen molar-refractivity contribution in [2.45, 2.75) is 26.2 Å². The Morgan fingerprint density at radius 2 is 1.88 bits per heavy atom. The molecule has 2 rings (SSSR count). The number of hydrogen-bond acceptors (Lipinski definition) is 2. The largest absolute Gasteiger partial charge is 0.312 e. The molecule has 0 bridgehead atoms. The summed E-state index contributed by atoms with van der Waals surface area (Å²) in [5.74, 6) is 0.174. The Morgan fingerprint density at radius 3 is 2.41 bits per heavy atom. The van der Waals surface area contributed by atoms with Crippen molar-refractivity contribution in [1.82, 2.24) is 0 Å². The molecule has 1 aromatic rings. The minimum absolute atomic E-state index is 0.0490. The minimum atomic E-state index is -0.0874. The fraction of sp³-hybridized carbons (Fsp3) is 0.429. The van der Waals surface area contributed by atoms with Gasteiger partial charge in [0.1, 0.15) is 5.78 Å². The summed E-state index contributed by atoms with van der Waals surface area (Å²) in [6.45, 7) is 2.52. The van der Waals surface area contributed by atoms with Crippen LogP contribution in [0.4, 0.5) is 5.69 Å². The molecule has 0 unspecified atom stereocenters. The van der Waals surface area contributed by atoms with Gasteiger partial charge in [0.15, 0.2) is 0 Å². The first-order valence-electron chi connectivity index (χ1n) is 6.10. The summed E-state index contributed by atoms with van der Waals surface area (Å²) in [6, 6.07) is 9.49. The average Bonchev–Trinajstić information content (AvgIpc) is 3.15. The number of hydrogen-bond donors (Lipinski definition) is 0. The van der Waals surface area contributed by atoms with Gasteiger partial charge < -0.3 is 4.90 Å². The van der Waals surface area contributed by atoms with Gasteiger partial charge in [0.2, 0.25) is 5.91 Å². The van der Waals surface area contributed by atoms with Gasteiger partial charge in [-0.15, -0.1) is 0 Å². The first-order valence-corrected chi connectivity index (χ1v) is 6.10. The highest BCUT2D eigenvalue weighted by molar-refractivity contribution is 6.06. The van der Waals surface area contributed by atoms with Crippen molar-refractivity contribution in [2.75, 3.05) is 11.4 Å². The smallest absolute Gasteiger partial charge is 0.234 e. The predicted octanol–water partition coefficient (Wildman–Crippen LogP) is 2.41. The summed E-state index contributed by atoms with van der Waals surface area (Å²) in [6.07, 6.45) is 1.97. The second-order valence-electron chi connectivity index (χ2n) is 4.39. The molecular weight excluding hydrogens is 214 g/mol. The normalized spacial score (nSPS) is 14.4. The number of amides is 1. The number of rotatable bonds is 5. The van der Waals surface area contributed by atoms with Gasteiger partial charge in [-0.05, 0) is 31.9 Å². The van der Waals surface area contributed by atoms with Gasteiger partial charge in [-0.1, -0.05) is 18.2 Å². The predicted molar refractivity (Wildman–Crippen MR) is 66.8 cm³/mol. The van der Waals surface area contributed by atoms with E-state index in [4.69, 9.17) is 0 Å². The first-order chi connectivity index (χ1) is 8.22. The molecule has 0 atom stereocenters. The third-order valence-corrected chi connectivity index (χ3v) is 3.04. The quantitative estimate of drug-likeness (QED) is 0.730. The van der Waals surface area contributed by atoms with E-state index >= 15 is 0 Å². The summed E-state index contributed by atoms with van der Waals surface area (Å²) in [5.41, 5.74) is 0.864. The number of para-hydroxylation sites is 1. The monoisotopic (exact) mass is 231 g/mol. The van der Waals surface area contributed by atoms with E-state index in [-0.39, 0.29) is 24.0 Å². The van der Waals surface area contributed by atoms with Gasteiger partial charge in [-0.25, -0.2) is 0 Å². The van der Waals surface area contributed by atoms with Crippen LogP contribution in [0.5, 0.6) is 0 Å². The van der Waals surface area contributed by atoms with Crippen LogP contribution in [0.2, 0.25) is 0 Å². The molecule has 1 amide bonds. The summed E-state index contributed by atoms with van der Waals surface area (Å²) in [7, 11) is 0. The van der Waals surface area contributed by atoms with Gasteiger partial charge in [-0.3, -0.25) is 9.59 Å². The number of nitrogens with zero attached hydrogens (tertiary/aromatic N) is 1. The van der Waals surface area contributed by atoms with Crippen molar-refractivity contribution in [3.63, 3.8) is 0 Å². The number of benzene rings is 1. The standard InChI is InChI=1S/C14H17NO2/c1-2-15(12-6-4-3-5-7-12)14(17)10-13(16)11-8-9-11/h3-7,11H,2,8-10H2,1H3. The van der Waals surface area contributed by atoms with Crippen LogP contribution >= 0.6 is 0 Å². The van der Waals surface area contributed by atoms with Crippen LogP contribution in [0.3, 0.4) is 0 Å². The molecule has 3 nitrogen and oxygen atoms in total. The van der Waals surface area contributed by atoms with Gasteiger partial charge in [0.25, 0.3) is 0 Å². The Hall–Kier alpha value is -1.64.